The quantitative estimate of drug-likeness (QED) is 0.601. The van der Waals surface area contributed by atoms with Gasteiger partial charge in [0.1, 0.15) is 17.2 Å². The van der Waals surface area contributed by atoms with E-state index in [0.717, 1.165) is 5.56 Å². The minimum atomic E-state index is -4.53. The zero-order chi connectivity index (χ0) is 19.4. The van der Waals surface area contributed by atoms with Crippen LogP contribution in [0.15, 0.2) is 46.5 Å². The molecule has 9 heteroatoms. The molecular weight excluding hydrogens is 395 g/mol. The Morgan fingerprint density at radius 3 is 2.52 bits per heavy atom. The maximum absolute atomic E-state index is 13.0. The van der Waals surface area contributed by atoms with Crippen LogP contribution in [0.25, 0.3) is 10.6 Å². The lowest BCUT2D eigenvalue weighted by Crippen LogP contribution is -2.38. The zero-order valence-electron chi connectivity index (χ0n) is 13.7. The van der Waals surface area contributed by atoms with Crippen LogP contribution in [0.2, 0.25) is 0 Å². The van der Waals surface area contributed by atoms with E-state index in [0.29, 0.717) is 21.0 Å². The van der Waals surface area contributed by atoms with Crippen molar-refractivity contribution in [3.05, 3.63) is 63.3 Å². The van der Waals surface area contributed by atoms with Crippen LogP contribution >= 0.6 is 22.7 Å². The fourth-order valence-corrected chi connectivity index (χ4v) is 3.88. The van der Waals surface area contributed by atoms with Crippen LogP contribution in [0, 0.1) is 11.3 Å². The summed E-state index contributed by atoms with van der Waals surface area (Å²) < 4.78 is 38.9. The summed E-state index contributed by atoms with van der Waals surface area (Å²) in [4.78, 5) is 17.6. The van der Waals surface area contributed by atoms with Gasteiger partial charge in [0.15, 0.2) is 0 Å². The van der Waals surface area contributed by atoms with Gasteiger partial charge in [0, 0.05) is 22.9 Å². The smallest absolute Gasteiger partial charge is 0.324 e. The number of hydrogen-bond acceptors (Lipinski definition) is 5. The molecule has 0 saturated heterocycles. The van der Waals surface area contributed by atoms with Gasteiger partial charge in [0.25, 0.3) is 5.91 Å². The van der Waals surface area contributed by atoms with Crippen LogP contribution in [0.4, 0.5) is 13.2 Å². The molecule has 0 unspecified atom stereocenters. The number of nitriles is 1. The van der Waals surface area contributed by atoms with E-state index in [2.05, 4.69) is 4.98 Å². The standard InChI is InChI=1S/C18H12F3N3OS2/c19-18(20,21)11-24(8-13-3-1-12(7-22)2-4-13)17(25)15-10-27-16(23-15)14-5-6-26-9-14/h1-6,9-10H,8,11H2. The first-order chi connectivity index (χ1) is 12.9. The normalized spacial score (nSPS) is 11.2. The molecule has 27 heavy (non-hydrogen) atoms. The van der Waals surface area contributed by atoms with Gasteiger partial charge in [0.05, 0.1) is 11.6 Å². The first kappa shape index (κ1) is 19.1. The Bertz CT molecular complexity index is 957. The van der Waals surface area contributed by atoms with Gasteiger partial charge >= 0.3 is 6.18 Å². The maximum Gasteiger partial charge on any atom is 0.406 e. The summed E-state index contributed by atoms with van der Waals surface area (Å²) in [7, 11) is 0. The SMILES string of the molecule is N#Cc1ccc(CN(CC(F)(F)F)C(=O)c2csc(-c3ccsc3)n2)cc1. The number of benzene rings is 1. The highest BCUT2D eigenvalue weighted by Crippen LogP contribution is 2.27. The number of aromatic nitrogens is 1. The second-order valence-electron chi connectivity index (χ2n) is 5.64. The number of amides is 1. The van der Waals surface area contributed by atoms with Gasteiger partial charge < -0.3 is 4.90 Å². The Kier molecular flexibility index (Phi) is 5.58. The van der Waals surface area contributed by atoms with E-state index in [9.17, 15) is 18.0 Å². The van der Waals surface area contributed by atoms with Gasteiger partial charge in [-0.2, -0.15) is 29.8 Å². The molecule has 4 nitrogen and oxygen atoms in total. The third-order valence-electron chi connectivity index (χ3n) is 3.61. The number of alkyl halides is 3. The van der Waals surface area contributed by atoms with Crippen molar-refractivity contribution in [2.45, 2.75) is 12.7 Å². The minimum absolute atomic E-state index is 0.0147. The molecule has 0 radical (unpaired) electrons. The molecule has 0 fully saturated rings. The predicted molar refractivity (Wildman–Crippen MR) is 97.4 cm³/mol. The van der Waals surface area contributed by atoms with Crippen LogP contribution in [0.3, 0.4) is 0 Å². The van der Waals surface area contributed by atoms with E-state index in [1.807, 2.05) is 22.9 Å². The van der Waals surface area contributed by atoms with Crippen molar-refractivity contribution in [1.82, 2.24) is 9.88 Å². The monoisotopic (exact) mass is 407 g/mol. The Morgan fingerprint density at radius 2 is 1.93 bits per heavy atom. The molecule has 3 aromatic rings. The molecular formula is C18H12F3N3OS2. The lowest BCUT2D eigenvalue weighted by atomic mass is 10.1. The number of thiazole rings is 1. The van der Waals surface area contributed by atoms with Crippen LogP contribution in [-0.4, -0.2) is 28.5 Å². The average molecular weight is 407 g/mol. The number of hydrogen-bond donors (Lipinski definition) is 0. The first-order valence-electron chi connectivity index (χ1n) is 7.69. The summed E-state index contributed by atoms with van der Waals surface area (Å²) in [6.45, 7) is -1.60. The van der Waals surface area contributed by atoms with E-state index < -0.39 is 18.6 Å². The molecule has 0 bridgehead atoms. The summed E-state index contributed by atoms with van der Waals surface area (Å²) in [6, 6.07) is 9.85. The van der Waals surface area contributed by atoms with Crippen molar-refractivity contribution in [2.24, 2.45) is 0 Å². The number of carbonyl (C=O) groups is 1. The van der Waals surface area contributed by atoms with E-state index in [1.54, 1.807) is 0 Å². The summed E-state index contributed by atoms with van der Waals surface area (Å²) >= 11 is 2.68. The van der Waals surface area contributed by atoms with Crippen molar-refractivity contribution in [3.8, 4) is 16.6 Å². The summed E-state index contributed by atoms with van der Waals surface area (Å²) in [5.74, 6) is -0.783. The molecule has 0 N–H and O–H groups in total. The Hall–Kier alpha value is -2.70. The molecule has 2 heterocycles. The minimum Gasteiger partial charge on any atom is -0.324 e. The second kappa shape index (κ2) is 7.90. The number of halogens is 3. The molecule has 0 atom stereocenters. The fourth-order valence-electron chi connectivity index (χ4n) is 2.37. The van der Waals surface area contributed by atoms with Crippen LogP contribution in [-0.2, 0) is 6.54 Å². The highest BCUT2D eigenvalue weighted by atomic mass is 32.1. The largest absolute Gasteiger partial charge is 0.406 e. The molecule has 1 aromatic carbocycles. The van der Waals surface area contributed by atoms with Gasteiger partial charge in [-0.25, -0.2) is 4.98 Å². The van der Waals surface area contributed by atoms with Crippen LogP contribution < -0.4 is 0 Å². The maximum atomic E-state index is 13.0. The lowest BCUT2D eigenvalue weighted by molar-refractivity contribution is -0.141. The Morgan fingerprint density at radius 1 is 1.19 bits per heavy atom. The van der Waals surface area contributed by atoms with E-state index >= 15 is 0 Å². The predicted octanol–water partition coefficient (Wildman–Crippen LogP) is 4.95. The topological polar surface area (TPSA) is 57.0 Å². The van der Waals surface area contributed by atoms with Crippen LogP contribution in [0.5, 0.6) is 0 Å². The van der Waals surface area contributed by atoms with Crippen molar-refractivity contribution in [1.29, 1.82) is 5.26 Å². The Labute approximate surface area is 161 Å². The summed E-state index contributed by atoms with van der Waals surface area (Å²) in [5.41, 5.74) is 1.71. The van der Waals surface area contributed by atoms with E-state index in [-0.39, 0.29) is 12.2 Å². The number of carbonyl (C=O) groups excluding carboxylic acids is 1. The van der Waals surface area contributed by atoms with Gasteiger partial charge in [0.2, 0.25) is 0 Å². The summed E-state index contributed by atoms with van der Waals surface area (Å²) in [5, 5.41) is 14.6. The van der Waals surface area contributed by atoms with Gasteiger partial charge in [-0.05, 0) is 29.1 Å². The molecule has 0 saturated carbocycles. The average Bonchev–Trinajstić information content (AvgIpc) is 3.31. The van der Waals surface area contributed by atoms with Crippen molar-refractivity contribution < 1.29 is 18.0 Å². The molecule has 0 aliphatic carbocycles. The highest BCUT2D eigenvalue weighted by molar-refractivity contribution is 7.14. The molecule has 1 amide bonds. The molecule has 138 valence electrons. The molecule has 0 aliphatic rings. The molecule has 3 rings (SSSR count). The Balaban J connectivity index is 1.83. The number of nitrogens with zero attached hydrogens (tertiary/aromatic N) is 3. The number of thiophene rings is 1. The van der Waals surface area contributed by atoms with E-state index in [4.69, 9.17) is 5.26 Å². The van der Waals surface area contributed by atoms with Gasteiger partial charge in [-0.15, -0.1) is 11.3 Å². The molecule has 2 aromatic heterocycles. The summed E-state index contributed by atoms with van der Waals surface area (Å²) in [6.07, 6.45) is -4.53. The van der Waals surface area contributed by atoms with Gasteiger partial charge in [-0.3, -0.25) is 4.79 Å². The van der Waals surface area contributed by atoms with Crippen molar-refractivity contribution >= 4 is 28.6 Å². The first-order valence-corrected chi connectivity index (χ1v) is 9.51. The third-order valence-corrected chi connectivity index (χ3v) is 5.18. The number of rotatable bonds is 5. The lowest BCUT2D eigenvalue weighted by Gasteiger charge is -2.23. The fraction of sp³-hybridized carbons (Fsp3) is 0.167. The highest BCUT2D eigenvalue weighted by Gasteiger charge is 2.34. The van der Waals surface area contributed by atoms with E-state index in [1.165, 1.54) is 52.3 Å². The van der Waals surface area contributed by atoms with Crippen molar-refractivity contribution in [3.63, 3.8) is 0 Å². The second-order valence-corrected chi connectivity index (χ2v) is 7.27. The van der Waals surface area contributed by atoms with Gasteiger partial charge in [-0.1, -0.05) is 12.1 Å². The van der Waals surface area contributed by atoms with Crippen molar-refractivity contribution in [2.75, 3.05) is 6.54 Å². The zero-order valence-corrected chi connectivity index (χ0v) is 15.4. The van der Waals surface area contributed by atoms with Crippen LogP contribution in [0.1, 0.15) is 21.6 Å². The molecule has 0 aliphatic heterocycles. The molecule has 0 spiro atoms. The third kappa shape index (κ3) is 4.93.